The van der Waals surface area contributed by atoms with Crippen molar-refractivity contribution in [3.63, 3.8) is 0 Å². The molecule has 3 aromatic heterocycles. The lowest BCUT2D eigenvalue weighted by Crippen LogP contribution is -1.95. The first-order valence-corrected chi connectivity index (χ1v) is 11.2. The molecule has 1 N–H and O–H groups in total. The summed E-state index contributed by atoms with van der Waals surface area (Å²) in [6.45, 7) is 0.383. The summed E-state index contributed by atoms with van der Waals surface area (Å²) in [6, 6.07) is 23.3. The van der Waals surface area contributed by atoms with E-state index in [0.717, 1.165) is 33.5 Å². The van der Waals surface area contributed by atoms with E-state index in [0.29, 0.717) is 34.4 Å². The van der Waals surface area contributed by atoms with Gasteiger partial charge in [-0.05, 0) is 64.9 Å². The van der Waals surface area contributed by atoms with Crippen molar-refractivity contribution in [2.45, 2.75) is 6.61 Å². The van der Waals surface area contributed by atoms with Gasteiger partial charge in [-0.25, -0.2) is 9.97 Å². The summed E-state index contributed by atoms with van der Waals surface area (Å²) in [5.74, 6) is 1.39. The van der Waals surface area contributed by atoms with Gasteiger partial charge in [0.2, 0.25) is 0 Å². The number of aromatic amines is 1. The quantitative estimate of drug-likeness (QED) is 0.313. The fourth-order valence-electron chi connectivity index (χ4n) is 3.66. The minimum absolute atomic E-state index is 0.312. The Morgan fingerprint density at radius 2 is 1.86 bits per heavy atom. The van der Waals surface area contributed by atoms with E-state index in [4.69, 9.17) is 20.8 Å². The maximum atomic E-state index is 6.10. The molecule has 0 fully saturated rings. The van der Waals surface area contributed by atoms with Gasteiger partial charge in [0.05, 0.1) is 11.2 Å². The van der Waals surface area contributed by atoms with E-state index in [1.165, 1.54) is 0 Å². The van der Waals surface area contributed by atoms with Crippen LogP contribution in [-0.2, 0) is 6.61 Å². The first-order chi connectivity index (χ1) is 17.2. The summed E-state index contributed by atoms with van der Waals surface area (Å²) < 4.78 is 11.8. The third kappa shape index (κ3) is 4.60. The van der Waals surface area contributed by atoms with Crippen LogP contribution < -0.4 is 4.74 Å². The summed E-state index contributed by atoms with van der Waals surface area (Å²) >= 11 is 6.10. The lowest BCUT2D eigenvalue weighted by atomic mass is 10.1. The summed E-state index contributed by atoms with van der Waals surface area (Å²) in [6.07, 6.45) is 3.98. The second kappa shape index (κ2) is 9.00. The van der Waals surface area contributed by atoms with Crippen LogP contribution in [-0.4, -0.2) is 30.6 Å². The molecular formula is C26H17ClN6O2. The molecule has 3 heterocycles. The highest BCUT2D eigenvalue weighted by molar-refractivity contribution is 6.31. The van der Waals surface area contributed by atoms with Gasteiger partial charge in [-0.2, -0.15) is 5.21 Å². The number of H-pyrrole nitrogens is 1. The van der Waals surface area contributed by atoms with Crippen LogP contribution in [0.1, 0.15) is 16.8 Å². The van der Waals surface area contributed by atoms with Crippen LogP contribution in [0.4, 0.5) is 0 Å². The molecule has 35 heavy (non-hydrogen) atoms. The normalized spacial score (nSPS) is 11.6. The molecule has 170 valence electrons. The zero-order valence-corrected chi connectivity index (χ0v) is 19.0. The Hall–Kier alpha value is -4.56. The number of oxazole rings is 1. The molecule has 3 aromatic carbocycles. The number of ether oxygens (including phenoxy) is 1. The van der Waals surface area contributed by atoms with E-state index >= 15 is 0 Å². The number of aromatic nitrogens is 6. The molecule has 6 rings (SSSR count). The van der Waals surface area contributed by atoms with Crippen LogP contribution >= 0.6 is 11.6 Å². The molecule has 0 aliphatic heterocycles. The summed E-state index contributed by atoms with van der Waals surface area (Å²) in [4.78, 5) is 9.04. The average Bonchev–Trinajstić information content (AvgIpc) is 3.56. The van der Waals surface area contributed by atoms with E-state index in [1.54, 1.807) is 0 Å². The number of halogens is 1. The maximum Gasteiger partial charge on any atom is 0.269 e. The van der Waals surface area contributed by atoms with E-state index in [2.05, 4.69) is 30.6 Å². The van der Waals surface area contributed by atoms with Gasteiger partial charge in [-0.3, -0.25) is 0 Å². The first-order valence-electron chi connectivity index (χ1n) is 10.8. The van der Waals surface area contributed by atoms with Gasteiger partial charge >= 0.3 is 0 Å². The van der Waals surface area contributed by atoms with Crippen molar-refractivity contribution in [2.24, 2.45) is 0 Å². The Morgan fingerprint density at radius 3 is 2.77 bits per heavy atom. The van der Waals surface area contributed by atoms with Gasteiger partial charge in [-0.1, -0.05) is 48.0 Å². The first kappa shape index (κ1) is 21.0. The molecule has 9 heteroatoms. The van der Waals surface area contributed by atoms with E-state index in [-0.39, 0.29) is 0 Å². The third-order valence-corrected chi connectivity index (χ3v) is 5.61. The van der Waals surface area contributed by atoms with Gasteiger partial charge < -0.3 is 9.15 Å². The van der Waals surface area contributed by atoms with E-state index < -0.39 is 0 Å². The summed E-state index contributed by atoms with van der Waals surface area (Å²) in [5.41, 5.74) is 5.02. The summed E-state index contributed by atoms with van der Waals surface area (Å²) in [5, 5.41) is 15.4. The van der Waals surface area contributed by atoms with E-state index in [1.807, 2.05) is 84.9 Å². The largest absolute Gasteiger partial charge is 0.489 e. The molecule has 0 saturated heterocycles. The number of pyridine rings is 1. The monoisotopic (exact) mass is 480 g/mol. The number of hydrogen-bond acceptors (Lipinski definition) is 7. The second-order valence-corrected chi connectivity index (χ2v) is 8.26. The van der Waals surface area contributed by atoms with Crippen molar-refractivity contribution >= 4 is 45.8 Å². The van der Waals surface area contributed by atoms with Crippen LogP contribution in [0, 0.1) is 0 Å². The van der Waals surface area contributed by atoms with Crippen LogP contribution in [0.25, 0.3) is 45.9 Å². The highest BCUT2D eigenvalue weighted by atomic mass is 35.5. The van der Waals surface area contributed by atoms with Gasteiger partial charge in [0.1, 0.15) is 17.9 Å². The van der Waals surface area contributed by atoms with Crippen LogP contribution in [0.5, 0.6) is 5.75 Å². The third-order valence-electron chi connectivity index (χ3n) is 5.38. The Morgan fingerprint density at radius 1 is 0.914 bits per heavy atom. The van der Waals surface area contributed by atoms with Gasteiger partial charge in [0, 0.05) is 10.4 Å². The number of hydrogen-bond donors (Lipinski definition) is 1. The van der Waals surface area contributed by atoms with Crippen molar-refractivity contribution in [3.05, 3.63) is 94.6 Å². The van der Waals surface area contributed by atoms with Crippen molar-refractivity contribution in [3.8, 4) is 17.5 Å². The molecule has 0 aliphatic rings. The average molecular weight is 481 g/mol. The van der Waals surface area contributed by atoms with E-state index in [9.17, 15) is 0 Å². The topological polar surface area (TPSA) is 103 Å². The molecule has 6 aromatic rings. The minimum atomic E-state index is 0.312. The number of benzene rings is 3. The number of nitrogens with zero attached hydrogens (tertiary/aromatic N) is 5. The molecule has 0 bridgehead atoms. The molecule has 0 amide bonds. The Kier molecular flexibility index (Phi) is 5.40. The number of tetrazole rings is 1. The number of fused-ring (bicyclic) bond motifs is 2. The molecule has 0 unspecified atom stereocenters. The molecule has 0 aliphatic carbocycles. The minimum Gasteiger partial charge on any atom is -0.489 e. The van der Waals surface area contributed by atoms with Crippen molar-refractivity contribution in [1.29, 1.82) is 0 Å². The fraction of sp³-hybridized carbons (Fsp3) is 0.0385. The fourth-order valence-corrected chi connectivity index (χ4v) is 3.83. The van der Waals surface area contributed by atoms with Gasteiger partial charge in [-0.15, -0.1) is 10.2 Å². The number of nitrogens with one attached hydrogen (secondary N) is 1. The van der Waals surface area contributed by atoms with Crippen molar-refractivity contribution < 1.29 is 9.15 Å². The predicted molar refractivity (Wildman–Crippen MR) is 134 cm³/mol. The molecule has 0 saturated carbocycles. The van der Waals surface area contributed by atoms with Crippen LogP contribution in [0.15, 0.2) is 77.2 Å². The van der Waals surface area contributed by atoms with Crippen molar-refractivity contribution in [2.75, 3.05) is 0 Å². The molecular weight excluding hydrogens is 464 g/mol. The Labute approximate surface area is 204 Å². The second-order valence-electron chi connectivity index (χ2n) is 7.82. The molecule has 0 radical (unpaired) electrons. The standard InChI is InChI=1S/C26H17ClN6O2/c27-19-8-6-18-7-10-20(28-23(18)14-19)9-4-16-2-1-3-21(12-16)34-15-17-5-11-22-24(13-17)35-26(29-22)25-30-32-33-31-25/h1-14H,15H2,(H,30,31,32,33). The van der Waals surface area contributed by atoms with Crippen LogP contribution in [0.3, 0.4) is 0 Å². The zero-order chi connectivity index (χ0) is 23.6. The van der Waals surface area contributed by atoms with Crippen LogP contribution in [0.2, 0.25) is 5.02 Å². The Bertz CT molecular complexity index is 1680. The maximum absolute atomic E-state index is 6.10. The SMILES string of the molecule is Clc1ccc2ccc(C=Cc3cccc(OCc4ccc5nc(-c6nn[nH]n6)oc5c4)c3)nc2c1. The smallest absolute Gasteiger partial charge is 0.269 e. The molecule has 8 nitrogen and oxygen atoms in total. The van der Waals surface area contributed by atoms with Crippen molar-refractivity contribution in [1.82, 2.24) is 30.6 Å². The lowest BCUT2D eigenvalue weighted by molar-refractivity contribution is 0.306. The van der Waals surface area contributed by atoms with Gasteiger partial charge in [0.25, 0.3) is 11.7 Å². The highest BCUT2D eigenvalue weighted by Gasteiger charge is 2.12. The molecule has 0 spiro atoms. The van der Waals surface area contributed by atoms with Gasteiger partial charge in [0.15, 0.2) is 5.58 Å². The summed E-state index contributed by atoms with van der Waals surface area (Å²) in [7, 11) is 0. The highest BCUT2D eigenvalue weighted by Crippen LogP contribution is 2.24. The predicted octanol–water partition coefficient (Wildman–Crippen LogP) is 5.96. The number of rotatable bonds is 6. The lowest BCUT2D eigenvalue weighted by Gasteiger charge is -2.07. The molecule has 0 atom stereocenters. The zero-order valence-electron chi connectivity index (χ0n) is 18.2. The Balaban J connectivity index is 1.15.